The van der Waals surface area contributed by atoms with Gasteiger partial charge in [-0.1, -0.05) is 0 Å². The van der Waals surface area contributed by atoms with E-state index in [0.717, 1.165) is 39.1 Å². The predicted octanol–water partition coefficient (Wildman–Crippen LogP) is 0.847. The fourth-order valence-corrected chi connectivity index (χ4v) is 3.89. The minimum absolute atomic E-state index is 0.0443. The predicted molar refractivity (Wildman–Crippen MR) is 81.1 cm³/mol. The van der Waals surface area contributed by atoms with Gasteiger partial charge in [0.15, 0.2) is 0 Å². The van der Waals surface area contributed by atoms with Crippen molar-refractivity contribution >= 4 is 15.9 Å². The normalized spacial score (nSPS) is 25.0. The number of benzene rings is 1. The molecule has 0 aliphatic carbocycles. The largest absolute Gasteiger partial charge is 0.381 e. The molecule has 1 spiro atoms. The number of amides is 1. The summed E-state index contributed by atoms with van der Waals surface area (Å²) in [4.78, 5) is 14.5. The Hall–Kier alpha value is -1.44. The lowest BCUT2D eigenvalue weighted by Gasteiger charge is -2.22. The van der Waals surface area contributed by atoms with E-state index in [1.807, 2.05) is 4.90 Å². The van der Waals surface area contributed by atoms with E-state index in [-0.39, 0.29) is 16.2 Å². The van der Waals surface area contributed by atoms with E-state index in [1.54, 1.807) is 12.1 Å². The Morgan fingerprint density at radius 2 is 2.00 bits per heavy atom. The summed E-state index contributed by atoms with van der Waals surface area (Å²) in [6, 6.07) is 6.07. The van der Waals surface area contributed by atoms with Gasteiger partial charge in [0.05, 0.1) is 11.5 Å². The number of rotatable bonds is 3. The van der Waals surface area contributed by atoms with E-state index >= 15 is 0 Å². The first-order chi connectivity index (χ1) is 10.5. The Balaban J connectivity index is 1.73. The van der Waals surface area contributed by atoms with Crippen molar-refractivity contribution < 1.29 is 17.9 Å². The lowest BCUT2D eigenvalue weighted by Crippen LogP contribution is -2.32. The van der Waals surface area contributed by atoms with Gasteiger partial charge in [-0.15, -0.1) is 0 Å². The van der Waals surface area contributed by atoms with Crippen LogP contribution in [0.1, 0.15) is 23.2 Å². The van der Waals surface area contributed by atoms with Crippen LogP contribution in [0.15, 0.2) is 29.2 Å². The van der Waals surface area contributed by atoms with E-state index in [4.69, 9.17) is 4.74 Å². The van der Waals surface area contributed by atoms with Crippen molar-refractivity contribution in [3.05, 3.63) is 29.8 Å². The third-order valence-corrected chi connectivity index (χ3v) is 6.02. The molecule has 2 aliphatic rings. The molecule has 22 heavy (non-hydrogen) atoms. The van der Waals surface area contributed by atoms with Gasteiger partial charge in [-0.25, -0.2) is 13.1 Å². The Labute approximate surface area is 130 Å². The van der Waals surface area contributed by atoms with Crippen LogP contribution in [0.3, 0.4) is 0 Å². The zero-order valence-corrected chi connectivity index (χ0v) is 13.4. The Morgan fingerprint density at radius 3 is 2.59 bits per heavy atom. The van der Waals surface area contributed by atoms with Crippen LogP contribution in [-0.2, 0) is 14.8 Å². The molecule has 0 radical (unpaired) electrons. The molecule has 0 aromatic heterocycles. The molecule has 120 valence electrons. The van der Waals surface area contributed by atoms with Crippen molar-refractivity contribution in [2.24, 2.45) is 5.41 Å². The minimum atomic E-state index is -3.47. The van der Waals surface area contributed by atoms with Crippen LogP contribution >= 0.6 is 0 Å². The highest BCUT2D eigenvalue weighted by atomic mass is 32.2. The second-order valence-corrected chi connectivity index (χ2v) is 7.90. The average Bonchev–Trinajstić information content (AvgIpc) is 3.17. The maximum atomic E-state index is 12.5. The van der Waals surface area contributed by atoms with E-state index in [0.29, 0.717) is 5.56 Å². The van der Waals surface area contributed by atoms with Crippen molar-refractivity contribution in [1.82, 2.24) is 9.62 Å². The van der Waals surface area contributed by atoms with Gasteiger partial charge in [0.2, 0.25) is 10.0 Å². The summed E-state index contributed by atoms with van der Waals surface area (Å²) in [6.07, 6.45) is 1.99. The maximum absolute atomic E-state index is 12.5. The molecule has 1 N–H and O–H groups in total. The van der Waals surface area contributed by atoms with Gasteiger partial charge < -0.3 is 9.64 Å². The number of hydrogen-bond acceptors (Lipinski definition) is 4. The monoisotopic (exact) mass is 324 g/mol. The van der Waals surface area contributed by atoms with Gasteiger partial charge in [0.1, 0.15) is 0 Å². The number of likely N-dealkylation sites (tertiary alicyclic amines) is 1. The van der Waals surface area contributed by atoms with Crippen molar-refractivity contribution in [3.8, 4) is 0 Å². The molecule has 0 saturated carbocycles. The molecule has 0 bridgehead atoms. The molecular formula is C15H20N2O4S. The topological polar surface area (TPSA) is 75.7 Å². The van der Waals surface area contributed by atoms with Crippen molar-refractivity contribution in [2.75, 3.05) is 33.4 Å². The standard InChI is InChI=1S/C15H20N2O4S/c1-16-22(19,20)13-4-2-12(3-5-13)14(18)17-8-6-15(10-17)7-9-21-11-15/h2-5,16H,6-11H2,1H3. The molecule has 1 amide bonds. The van der Waals surface area contributed by atoms with E-state index in [2.05, 4.69) is 4.72 Å². The first-order valence-electron chi connectivity index (χ1n) is 7.36. The summed E-state index contributed by atoms with van der Waals surface area (Å²) in [5.41, 5.74) is 0.649. The Kier molecular flexibility index (Phi) is 3.96. The average molecular weight is 324 g/mol. The van der Waals surface area contributed by atoms with Crippen LogP contribution in [0, 0.1) is 5.41 Å². The number of hydrogen-bond donors (Lipinski definition) is 1. The Bertz CT molecular complexity index is 663. The zero-order chi connectivity index (χ0) is 15.8. The first-order valence-corrected chi connectivity index (χ1v) is 8.85. The first kappa shape index (κ1) is 15.5. The van der Waals surface area contributed by atoms with Crippen molar-refractivity contribution in [2.45, 2.75) is 17.7 Å². The van der Waals surface area contributed by atoms with Gasteiger partial charge in [-0.05, 0) is 44.2 Å². The van der Waals surface area contributed by atoms with Crippen LogP contribution in [0.2, 0.25) is 0 Å². The molecule has 1 unspecified atom stereocenters. The summed E-state index contributed by atoms with van der Waals surface area (Å²) in [5.74, 6) is -0.0443. The molecular weight excluding hydrogens is 304 g/mol. The van der Waals surface area contributed by atoms with Crippen molar-refractivity contribution in [3.63, 3.8) is 0 Å². The number of nitrogens with one attached hydrogen (secondary N) is 1. The zero-order valence-electron chi connectivity index (χ0n) is 12.5. The third kappa shape index (κ3) is 2.76. The number of ether oxygens (including phenoxy) is 1. The summed E-state index contributed by atoms with van der Waals surface area (Å²) in [7, 11) is -2.11. The summed E-state index contributed by atoms with van der Waals surface area (Å²) < 4.78 is 31.1. The molecule has 3 rings (SSSR count). The fraction of sp³-hybridized carbons (Fsp3) is 0.533. The third-order valence-electron chi connectivity index (χ3n) is 4.59. The van der Waals surface area contributed by atoms with E-state index < -0.39 is 10.0 Å². The van der Waals surface area contributed by atoms with Gasteiger partial charge in [0, 0.05) is 30.7 Å². The molecule has 6 nitrogen and oxygen atoms in total. The van der Waals surface area contributed by atoms with Crippen LogP contribution in [-0.4, -0.2) is 52.6 Å². The second-order valence-electron chi connectivity index (χ2n) is 6.01. The van der Waals surface area contributed by atoms with Gasteiger partial charge in [-0.2, -0.15) is 0 Å². The van der Waals surface area contributed by atoms with Gasteiger partial charge >= 0.3 is 0 Å². The molecule has 2 heterocycles. The molecule has 2 aliphatic heterocycles. The smallest absolute Gasteiger partial charge is 0.253 e. The molecule has 1 atom stereocenters. The van der Waals surface area contributed by atoms with Crippen LogP contribution < -0.4 is 4.72 Å². The van der Waals surface area contributed by atoms with Gasteiger partial charge in [-0.3, -0.25) is 4.79 Å². The Morgan fingerprint density at radius 1 is 1.27 bits per heavy atom. The fourth-order valence-electron chi connectivity index (χ4n) is 3.16. The highest BCUT2D eigenvalue weighted by Crippen LogP contribution is 2.38. The molecule has 1 aromatic rings. The lowest BCUT2D eigenvalue weighted by atomic mass is 9.87. The van der Waals surface area contributed by atoms with Crippen molar-refractivity contribution in [1.29, 1.82) is 0 Å². The number of sulfonamides is 1. The van der Waals surface area contributed by atoms with Gasteiger partial charge in [0.25, 0.3) is 5.91 Å². The number of carbonyl (C=O) groups excluding carboxylic acids is 1. The van der Waals surface area contributed by atoms with Crippen LogP contribution in [0.5, 0.6) is 0 Å². The van der Waals surface area contributed by atoms with Crippen LogP contribution in [0.25, 0.3) is 0 Å². The second kappa shape index (κ2) is 5.64. The summed E-state index contributed by atoms with van der Waals surface area (Å²) >= 11 is 0. The minimum Gasteiger partial charge on any atom is -0.381 e. The number of carbonyl (C=O) groups is 1. The molecule has 2 saturated heterocycles. The van der Waals surface area contributed by atoms with E-state index in [1.165, 1.54) is 19.2 Å². The molecule has 2 fully saturated rings. The lowest BCUT2D eigenvalue weighted by molar-refractivity contribution is 0.0765. The summed E-state index contributed by atoms with van der Waals surface area (Å²) in [6.45, 7) is 2.97. The SMILES string of the molecule is CNS(=O)(=O)c1ccc(C(=O)N2CCC3(CCOC3)C2)cc1. The highest BCUT2D eigenvalue weighted by molar-refractivity contribution is 7.89. The number of nitrogens with zero attached hydrogens (tertiary/aromatic N) is 1. The van der Waals surface area contributed by atoms with Crippen LogP contribution in [0.4, 0.5) is 0 Å². The summed E-state index contributed by atoms with van der Waals surface area (Å²) in [5, 5.41) is 0. The molecule has 1 aromatic carbocycles. The maximum Gasteiger partial charge on any atom is 0.253 e. The van der Waals surface area contributed by atoms with E-state index in [9.17, 15) is 13.2 Å². The quantitative estimate of drug-likeness (QED) is 0.894. The molecule has 7 heteroatoms. The highest BCUT2D eigenvalue weighted by Gasteiger charge is 2.42.